The molecule has 0 fully saturated rings. The van der Waals surface area contributed by atoms with E-state index in [1.54, 1.807) is 0 Å². The van der Waals surface area contributed by atoms with Gasteiger partial charge in [0.2, 0.25) is 11.8 Å². The zero-order chi connectivity index (χ0) is 28.7. The van der Waals surface area contributed by atoms with Gasteiger partial charge in [-0.25, -0.2) is 4.79 Å². The van der Waals surface area contributed by atoms with Crippen LogP contribution in [0.5, 0.6) is 0 Å². The molecule has 3 N–H and O–H groups in total. The number of rotatable bonds is 14. The van der Waals surface area contributed by atoms with Crippen molar-refractivity contribution in [2.45, 2.75) is 57.8 Å². The Labute approximate surface area is 235 Å². The summed E-state index contributed by atoms with van der Waals surface area (Å²) >= 11 is 0. The number of carbonyl (C=O) groups excluding carboxylic acids is 4. The topological polar surface area (TPSA) is 114 Å². The van der Waals surface area contributed by atoms with Crippen LogP contribution in [-0.2, 0) is 38.6 Å². The molecule has 3 aromatic rings. The van der Waals surface area contributed by atoms with Crippen LogP contribution < -0.4 is 16.0 Å². The van der Waals surface area contributed by atoms with Gasteiger partial charge in [0.05, 0.1) is 6.04 Å². The summed E-state index contributed by atoms with van der Waals surface area (Å²) in [5.74, 6) is -0.817. The van der Waals surface area contributed by atoms with Crippen LogP contribution in [-0.4, -0.2) is 42.3 Å². The average molecular weight is 544 g/mol. The summed E-state index contributed by atoms with van der Waals surface area (Å²) in [5.41, 5.74) is 2.48. The summed E-state index contributed by atoms with van der Waals surface area (Å²) in [6, 6.07) is 25.1. The van der Waals surface area contributed by atoms with Crippen molar-refractivity contribution in [1.29, 1.82) is 0 Å². The van der Waals surface area contributed by atoms with E-state index in [1.807, 2.05) is 105 Å². The predicted octanol–water partition coefficient (Wildman–Crippen LogP) is 3.98. The second-order valence-electron chi connectivity index (χ2n) is 10.1. The minimum Gasteiger partial charge on any atom is -0.445 e. The number of aldehydes is 1. The lowest BCUT2D eigenvalue weighted by molar-refractivity contribution is -0.131. The molecular weight excluding hydrogens is 506 g/mol. The van der Waals surface area contributed by atoms with E-state index in [0.29, 0.717) is 12.7 Å². The molecule has 8 heteroatoms. The maximum absolute atomic E-state index is 13.6. The number of alkyl carbamates (subject to hydrolysis) is 1. The Morgan fingerprint density at radius 2 is 1.12 bits per heavy atom. The fraction of sp³-hybridized carbons (Fsp3) is 0.312. The third-order valence-corrected chi connectivity index (χ3v) is 6.24. The molecule has 3 amide bonds. The van der Waals surface area contributed by atoms with Crippen molar-refractivity contribution in [1.82, 2.24) is 16.0 Å². The first kappa shape index (κ1) is 30.1. The lowest BCUT2D eigenvalue weighted by atomic mass is 10.0. The standard InChI is InChI=1S/C32H37N3O5/c1-23(2)18-27(21-36)33-30(37)28(19-24-12-6-3-7-13-24)34-31(38)29(20-25-14-8-4-9-15-25)35-32(39)40-22-26-16-10-5-11-17-26/h3-17,21,23,27-29H,18-20,22H2,1-2H3,(H,33,37)(H,34,38)(H,35,39). The molecule has 0 saturated heterocycles. The Morgan fingerprint density at radius 1 is 0.675 bits per heavy atom. The van der Waals surface area contributed by atoms with E-state index in [-0.39, 0.29) is 25.4 Å². The van der Waals surface area contributed by atoms with Gasteiger partial charge >= 0.3 is 6.09 Å². The number of hydrogen-bond donors (Lipinski definition) is 3. The van der Waals surface area contributed by atoms with Gasteiger partial charge in [0.1, 0.15) is 25.0 Å². The zero-order valence-corrected chi connectivity index (χ0v) is 22.9. The highest BCUT2D eigenvalue weighted by Gasteiger charge is 2.29. The van der Waals surface area contributed by atoms with Gasteiger partial charge < -0.3 is 25.5 Å². The molecule has 210 valence electrons. The number of nitrogens with one attached hydrogen (secondary N) is 3. The molecule has 40 heavy (non-hydrogen) atoms. The molecular formula is C32H37N3O5. The summed E-state index contributed by atoms with van der Waals surface area (Å²) in [5, 5.41) is 8.23. The first-order chi connectivity index (χ1) is 19.3. The van der Waals surface area contributed by atoms with Gasteiger partial charge in [-0.15, -0.1) is 0 Å². The van der Waals surface area contributed by atoms with Crippen LogP contribution in [0.1, 0.15) is 37.0 Å². The molecule has 0 heterocycles. The quantitative estimate of drug-likeness (QED) is 0.266. The van der Waals surface area contributed by atoms with Gasteiger partial charge in [-0.2, -0.15) is 0 Å². The molecule has 0 bridgehead atoms. The molecule has 0 radical (unpaired) electrons. The molecule has 0 spiro atoms. The molecule has 3 unspecified atom stereocenters. The van der Waals surface area contributed by atoms with Gasteiger partial charge in [0.15, 0.2) is 0 Å². The Balaban J connectivity index is 1.76. The molecule has 3 rings (SSSR count). The van der Waals surface area contributed by atoms with E-state index in [1.165, 1.54) is 0 Å². The number of amides is 3. The van der Waals surface area contributed by atoms with Gasteiger partial charge in [0, 0.05) is 12.8 Å². The first-order valence-corrected chi connectivity index (χ1v) is 13.4. The Hall–Kier alpha value is -4.46. The number of ether oxygens (including phenoxy) is 1. The number of benzene rings is 3. The monoisotopic (exact) mass is 543 g/mol. The van der Waals surface area contributed by atoms with Crippen molar-refractivity contribution in [3.63, 3.8) is 0 Å². The number of carbonyl (C=O) groups is 4. The van der Waals surface area contributed by atoms with Crippen molar-refractivity contribution < 1.29 is 23.9 Å². The summed E-state index contributed by atoms with van der Waals surface area (Å²) in [6.07, 6.45) is 0.843. The summed E-state index contributed by atoms with van der Waals surface area (Å²) in [7, 11) is 0. The van der Waals surface area contributed by atoms with Gasteiger partial charge in [-0.05, 0) is 29.0 Å². The van der Waals surface area contributed by atoms with Crippen LogP contribution >= 0.6 is 0 Å². The van der Waals surface area contributed by atoms with E-state index in [4.69, 9.17) is 4.74 Å². The van der Waals surface area contributed by atoms with Gasteiger partial charge in [0.25, 0.3) is 0 Å². The van der Waals surface area contributed by atoms with Crippen molar-refractivity contribution in [3.05, 3.63) is 108 Å². The van der Waals surface area contributed by atoms with Crippen LogP contribution in [0.3, 0.4) is 0 Å². The lowest BCUT2D eigenvalue weighted by Crippen LogP contribution is -2.56. The highest BCUT2D eigenvalue weighted by atomic mass is 16.5. The van der Waals surface area contributed by atoms with Crippen LogP contribution in [0.15, 0.2) is 91.0 Å². The van der Waals surface area contributed by atoms with Gasteiger partial charge in [-0.3, -0.25) is 9.59 Å². The highest BCUT2D eigenvalue weighted by Crippen LogP contribution is 2.09. The van der Waals surface area contributed by atoms with Crippen molar-refractivity contribution in [2.24, 2.45) is 5.92 Å². The molecule has 3 aromatic carbocycles. The van der Waals surface area contributed by atoms with E-state index in [9.17, 15) is 19.2 Å². The summed E-state index contributed by atoms with van der Waals surface area (Å²) < 4.78 is 5.35. The van der Waals surface area contributed by atoms with Gasteiger partial charge in [-0.1, -0.05) is 105 Å². The summed E-state index contributed by atoms with van der Waals surface area (Å²) in [4.78, 5) is 51.2. The van der Waals surface area contributed by atoms with Crippen molar-refractivity contribution in [2.75, 3.05) is 0 Å². The smallest absolute Gasteiger partial charge is 0.408 e. The Kier molecular flexibility index (Phi) is 11.9. The van der Waals surface area contributed by atoms with E-state index < -0.39 is 36.0 Å². The predicted molar refractivity (Wildman–Crippen MR) is 153 cm³/mol. The molecule has 0 aromatic heterocycles. The molecule has 0 aliphatic carbocycles. The second kappa shape index (κ2) is 15.8. The molecule has 0 aliphatic rings. The summed E-state index contributed by atoms with van der Waals surface area (Å²) in [6.45, 7) is 3.97. The minimum atomic E-state index is -1.01. The third-order valence-electron chi connectivity index (χ3n) is 6.24. The highest BCUT2D eigenvalue weighted by molar-refractivity contribution is 5.92. The van der Waals surface area contributed by atoms with Crippen LogP contribution in [0, 0.1) is 5.92 Å². The molecule has 0 saturated carbocycles. The van der Waals surface area contributed by atoms with Crippen molar-refractivity contribution >= 4 is 24.2 Å². The SMILES string of the molecule is CC(C)CC(C=O)NC(=O)C(Cc1ccccc1)NC(=O)C(Cc1ccccc1)NC(=O)OCc1ccccc1. The fourth-order valence-corrected chi connectivity index (χ4v) is 4.24. The van der Waals surface area contributed by atoms with E-state index >= 15 is 0 Å². The maximum Gasteiger partial charge on any atom is 0.408 e. The molecule has 8 nitrogen and oxygen atoms in total. The van der Waals surface area contributed by atoms with Crippen LogP contribution in [0.2, 0.25) is 0 Å². The zero-order valence-electron chi connectivity index (χ0n) is 22.9. The van der Waals surface area contributed by atoms with Crippen LogP contribution in [0.25, 0.3) is 0 Å². The Bertz CT molecular complexity index is 1220. The lowest BCUT2D eigenvalue weighted by Gasteiger charge is -2.25. The van der Waals surface area contributed by atoms with E-state index in [0.717, 1.165) is 16.7 Å². The fourth-order valence-electron chi connectivity index (χ4n) is 4.24. The third kappa shape index (κ3) is 10.4. The maximum atomic E-state index is 13.6. The second-order valence-corrected chi connectivity index (χ2v) is 10.1. The molecule has 3 atom stereocenters. The first-order valence-electron chi connectivity index (χ1n) is 13.4. The minimum absolute atomic E-state index is 0.0499. The largest absolute Gasteiger partial charge is 0.445 e. The Morgan fingerprint density at radius 3 is 1.60 bits per heavy atom. The average Bonchev–Trinajstić information content (AvgIpc) is 2.96. The van der Waals surface area contributed by atoms with Crippen LogP contribution in [0.4, 0.5) is 4.79 Å². The van der Waals surface area contributed by atoms with E-state index in [2.05, 4.69) is 16.0 Å². The number of hydrogen-bond acceptors (Lipinski definition) is 5. The normalized spacial score (nSPS) is 13.0. The molecule has 0 aliphatic heterocycles. The van der Waals surface area contributed by atoms with Crippen molar-refractivity contribution in [3.8, 4) is 0 Å².